The minimum absolute atomic E-state index is 0.0605. The molecule has 0 aliphatic heterocycles. The molecule has 8 heteroatoms. The van der Waals surface area contributed by atoms with Crippen LogP contribution < -0.4 is 10.6 Å². The van der Waals surface area contributed by atoms with Gasteiger partial charge in [-0.2, -0.15) is 0 Å². The fourth-order valence-corrected chi connectivity index (χ4v) is 2.97. The molecule has 2 rings (SSSR count). The highest BCUT2D eigenvalue weighted by Gasteiger charge is 2.13. The maximum absolute atomic E-state index is 12.3. The Hall–Kier alpha value is -2.35. The second kappa shape index (κ2) is 8.84. The number of rotatable bonds is 7. The summed E-state index contributed by atoms with van der Waals surface area (Å²) in [6.45, 7) is 9.65. The Balaban J connectivity index is 1.99. The van der Waals surface area contributed by atoms with E-state index in [0.717, 1.165) is 5.56 Å². The molecule has 0 aliphatic carbocycles. The van der Waals surface area contributed by atoms with Crippen molar-refractivity contribution < 1.29 is 9.59 Å². The van der Waals surface area contributed by atoms with E-state index in [1.165, 1.54) is 11.8 Å². The summed E-state index contributed by atoms with van der Waals surface area (Å²) in [6, 6.07) is 5.70. The third kappa shape index (κ3) is 5.32. The summed E-state index contributed by atoms with van der Waals surface area (Å²) in [6.07, 6.45) is 1.66. The Bertz CT molecular complexity index is 786. The number of thioether (sulfide) groups is 1. The van der Waals surface area contributed by atoms with Crippen molar-refractivity contribution in [3.05, 3.63) is 30.1 Å². The number of carbonyl (C=O) groups is 2. The molecule has 1 aromatic heterocycles. The topological polar surface area (TPSA) is 88.9 Å². The van der Waals surface area contributed by atoms with Gasteiger partial charge in [-0.1, -0.05) is 31.7 Å². The maximum Gasteiger partial charge on any atom is 0.234 e. The number of aromatic nitrogens is 3. The molecular weight excluding hydrogens is 350 g/mol. The predicted molar refractivity (Wildman–Crippen MR) is 104 cm³/mol. The lowest BCUT2D eigenvalue weighted by atomic mass is 10.1. The van der Waals surface area contributed by atoms with Crippen LogP contribution >= 0.6 is 11.8 Å². The number of amides is 2. The maximum atomic E-state index is 12.3. The lowest BCUT2D eigenvalue weighted by molar-refractivity contribution is -0.119. The molecule has 0 spiro atoms. The van der Waals surface area contributed by atoms with Crippen LogP contribution in [0.5, 0.6) is 0 Å². The van der Waals surface area contributed by atoms with Gasteiger partial charge in [-0.15, -0.1) is 10.2 Å². The third-order valence-corrected chi connectivity index (χ3v) is 4.69. The van der Waals surface area contributed by atoms with Crippen LogP contribution in [0.25, 0.3) is 0 Å². The molecule has 0 bridgehead atoms. The summed E-state index contributed by atoms with van der Waals surface area (Å²) in [7, 11) is 0. The molecule has 1 heterocycles. The van der Waals surface area contributed by atoms with E-state index in [9.17, 15) is 9.59 Å². The molecule has 2 aromatic rings. The number of nitrogens with zero attached hydrogens (tertiary/aromatic N) is 3. The number of nitrogens with one attached hydrogen (secondary N) is 2. The van der Waals surface area contributed by atoms with Gasteiger partial charge in [0.15, 0.2) is 5.16 Å². The highest BCUT2D eigenvalue weighted by molar-refractivity contribution is 7.99. The Morgan fingerprint density at radius 1 is 1.19 bits per heavy atom. The monoisotopic (exact) mass is 375 g/mol. The Morgan fingerprint density at radius 2 is 1.92 bits per heavy atom. The average Bonchev–Trinajstić information content (AvgIpc) is 3.04. The molecule has 0 fully saturated rings. The largest absolute Gasteiger partial charge is 0.326 e. The number of benzene rings is 1. The fraction of sp³-hybridized carbons (Fsp3) is 0.444. The molecule has 2 N–H and O–H groups in total. The van der Waals surface area contributed by atoms with E-state index in [2.05, 4.69) is 20.8 Å². The molecular formula is C18H25N5O2S. The minimum atomic E-state index is -0.135. The van der Waals surface area contributed by atoms with Gasteiger partial charge in [0.05, 0.1) is 5.75 Å². The first kappa shape index (κ1) is 20.0. The number of anilines is 2. The third-order valence-electron chi connectivity index (χ3n) is 3.73. The van der Waals surface area contributed by atoms with Crippen LogP contribution in [0.4, 0.5) is 11.4 Å². The molecule has 26 heavy (non-hydrogen) atoms. The molecule has 0 unspecified atom stereocenters. The second-order valence-corrected chi connectivity index (χ2v) is 7.57. The zero-order chi connectivity index (χ0) is 19.3. The van der Waals surface area contributed by atoms with Crippen molar-refractivity contribution in [3.63, 3.8) is 0 Å². The summed E-state index contributed by atoms with van der Waals surface area (Å²) in [5.41, 5.74) is 2.27. The molecule has 0 saturated carbocycles. The normalized spacial score (nSPS) is 11.0. The second-order valence-electron chi connectivity index (χ2n) is 6.63. The van der Waals surface area contributed by atoms with Crippen LogP contribution in [0.1, 0.15) is 39.3 Å². The van der Waals surface area contributed by atoms with Gasteiger partial charge in [0.2, 0.25) is 11.8 Å². The average molecular weight is 375 g/mol. The molecule has 1 aromatic carbocycles. The van der Waals surface area contributed by atoms with Gasteiger partial charge < -0.3 is 15.2 Å². The van der Waals surface area contributed by atoms with Crippen molar-refractivity contribution in [2.75, 3.05) is 16.4 Å². The summed E-state index contributed by atoms with van der Waals surface area (Å²) < 4.78 is 1.92. The molecule has 0 saturated heterocycles. The first-order valence-corrected chi connectivity index (χ1v) is 9.50. The molecule has 7 nitrogen and oxygen atoms in total. The van der Waals surface area contributed by atoms with E-state index in [0.29, 0.717) is 16.5 Å². The quantitative estimate of drug-likeness (QED) is 0.723. The van der Waals surface area contributed by atoms with E-state index in [1.54, 1.807) is 12.4 Å². The van der Waals surface area contributed by atoms with Crippen LogP contribution in [0.15, 0.2) is 29.7 Å². The first-order chi connectivity index (χ1) is 12.3. The molecule has 2 amide bonds. The van der Waals surface area contributed by atoms with Crippen LogP contribution in [-0.2, 0) is 9.59 Å². The van der Waals surface area contributed by atoms with E-state index in [-0.39, 0.29) is 29.5 Å². The standard InChI is InChI=1S/C18H25N5O2S/c1-11(2)17(25)20-14-7-6-13(5)15(8-14)21-16(24)9-26-18-22-19-10-23(18)12(3)4/h6-8,10-12H,9H2,1-5H3,(H,20,25)(H,21,24). The number of carbonyl (C=O) groups excluding carboxylic acids is 2. The van der Waals surface area contributed by atoms with E-state index in [1.807, 2.05) is 51.3 Å². The Labute approximate surface area is 158 Å². The fourth-order valence-electron chi connectivity index (χ4n) is 2.13. The van der Waals surface area contributed by atoms with Crippen LogP contribution in [0, 0.1) is 12.8 Å². The molecule has 0 atom stereocenters. The predicted octanol–water partition coefficient (Wildman–Crippen LogP) is 3.49. The molecule has 0 aliphatic rings. The van der Waals surface area contributed by atoms with Crippen molar-refractivity contribution in [1.82, 2.24) is 14.8 Å². The highest BCUT2D eigenvalue weighted by Crippen LogP contribution is 2.22. The van der Waals surface area contributed by atoms with Crippen molar-refractivity contribution in [2.24, 2.45) is 5.92 Å². The Kier molecular flexibility index (Phi) is 6.79. The van der Waals surface area contributed by atoms with Gasteiger partial charge in [-0.05, 0) is 38.5 Å². The summed E-state index contributed by atoms with van der Waals surface area (Å²) in [5, 5.41) is 14.4. The zero-order valence-corrected chi connectivity index (χ0v) is 16.6. The van der Waals surface area contributed by atoms with Gasteiger partial charge >= 0.3 is 0 Å². The van der Waals surface area contributed by atoms with E-state index < -0.39 is 0 Å². The van der Waals surface area contributed by atoms with Crippen molar-refractivity contribution in [1.29, 1.82) is 0 Å². The first-order valence-electron chi connectivity index (χ1n) is 8.51. The van der Waals surface area contributed by atoms with Crippen molar-refractivity contribution in [3.8, 4) is 0 Å². The Morgan fingerprint density at radius 3 is 2.58 bits per heavy atom. The van der Waals surface area contributed by atoms with Crippen LogP contribution in [-0.4, -0.2) is 32.3 Å². The van der Waals surface area contributed by atoms with Crippen molar-refractivity contribution in [2.45, 2.75) is 45.8 Å². The van der Waals surface area contributed by atoms with Gasteiger partial charge in [0, 0.05) is 23.3 Å². The minimum Gasteiger partial charge on any atom is -0.326 e. The number of aryl methyl sites for hydroxylation is 1. The summed E-state index contributed by atoms with van der Waals surface area (Å²) in [5.74, 6) is -0.0736. The lowest BCUT2D eigenvalue weighted by Gasteiger charge is -2.13. The van der Waals surface area contributed by atoms with Gasteiger partial charge in [0.25, 0.3) is 0 Å². The van der Waals surface area contributed by atoms with Gasteiger partial charge in [-0.25, -0.2) is 0 Å². The van der Waals surface area contributed by atoms with Gasteiger partial charge in [0.1, 0.15) is 6.33 Å². The summed E-state index contributed by atoms with van der Waals surface area (Å²) in [4.78, 5) is 24.1. The SMILES string of the molecule is Cc1ccc(NC(=O)C(C)C)cc1NC(=O)CSc1nncn1C(C)C. The number of hydrogen-bond acceptors (Lipinski definition) is 5. The highest BCUT2D eigenvalue weighted by atomic mass is 32.2. The molecule has 0 radical (unpaired) electrons. The van der Waals surface area contributed by atoms with Crippen molar-refractivity contribution >= 4 is 35.0 Å². The van der Waals surface area contributed by atoms with Gasteiger partial charge in [-0.3, -0.25) is 9.59 Å². The summed E-state index contributed by atoms with van der Waals surface area (Å²) >= 11 is 1.34. The lowest BCUT2D eigenvalue weighted by Crippen LogP contribution is -2.19. The van der Waals surface area contributed by atoms with Crippen LogP contribution in [0.2, 0.25) is 0 Å². The van der Waals surface area contributed by atoms with Crippen LogP contribution in [0.3, 0.4) is 0 Å². The smallest absolute Gasteiger partial charge is 0.234 e. The van der Waals surface area contributed by atoms with E-state index >= 15 is 0 Å². The number of hydrogen-bond donors (Lipinski definition) is 2. The molecule has 140 valence electrons. The van der Waals surface area contributed by atoms with E-state index in [4.69, 9.17) is 0 Å². The zero-order valence-electron chi connectivity index (χ0n) is 15.7.